The monoisotopic (exact) mass is 216 g/mol. The Kier molecular flexibility index (Phi) is 2.34. The molecular weight excluding hydrogens is 209 g/mol. The maximum atomic E-state index is 12.6. The largest absolute Gasteiger partial charge is 0.474 e. The second-order valence-electron chi connectivity index (χ2n) is 2.93. The topological polar surface area (TPSA) is 34.5 Å². The number of ether oxygens (including phenoxy) is 1. The van der Waals surface area contributed by atoms with Crippen LogP contribution in [0.15, 0.2) is 23.3 Å². The van der Waals surface area contributed by atoms with E-state index in [1.54, 1.807) is 0 Å². The number of rotatable bonds is 1. The second-order valence-corrected chi connectivity index (χ2v) is 2.93. The van der Waals surface area contributed by atoms with Crippen molar-refractivity contribution in [2.24, 2.45) is 4.99 Å². The summed E-state index contributed by atoms with van der Waals surface area (Å²) >= 11 is 0. The van der Waals surface area contributed by atoms with Crippen LogP contribution < -0.4 is 0 Å². The minimum atomic E-state index is -4.43. The molecule has 1 aliphatic rings. The first-order valence-electron chi connectivity index (χ1n) is 4.29. The standard InChI is InChI=1S/C9H7F3N2O/c10-9(11,12)6-2-1-3-13-7(6)8-14-4-5-15-8/h1-3H,4-5H2. The maximum absolute atomic E-state index is 12.6. The maximum Gasteiger partial charge on any atom is 0.418 e. The molecule has 0 saturated carbocycles. The zero-order valence-electron chi connectivity index (χ0n) is 7.58. The van der Waals surface area contributed by atoms with Crippen molar-refractivity contribution in [2.75, 3.05) is 13.2 Å². The molecule has 1 aromatic heterocycles. The first kappa shape index (κ1) is 9.95. The highest BCUT2D eigenvalue weighted by Gasteiger charge is 2.36. The van der Waals surface area contributed by atoms with Gasteiger partial charge in [0.2, 0.25) is 5.90 Å². The van der Waals surface area contributed by atoms with Crippen LogP contribution >= 0.6 is 0 Å². The van der Waals surface area contributed by atoms with E-state index < -0.39 is 11.7 Å². The average molecular weight is 216 g/mol. The Labute approximate surface area is 83.6 Å². The smallest absolute Gasteiger partial charge is 0.418 e. The van der Waals surface area contributed by atoms with E-state index in [-0.39, 0.29) is 11.6 Å². The number of alkyl halides is 3. The van der Waals surface area contributed by atoms with Crippen molar-refractivity contribution in [1.29, 1.82) is 0 Å². The van der Waals surface area contributed by atoms with E-state index in [4.69, 9.17) is 4.74 Å². The molecule has 0 saturated heterocycles. The van der Waals surface area contributed by atoms with Crippen LogP contribution in [0.25, 0.3) is 0 Å². The van der Waals surface area contributed by atoms with Gasteiger partial charge in [0.05, 0.1) is 12.1 Å². The third-order valence-electron chi connectivity index (χ3n) is 1.90. The zero-order valence-corrected chi connectivity index (χ0v) is 7.58. The summed E-state index contributed by atoms with van der Waals surface area (Å²) in [5, 5.41) is 0. The molecule has 0 atom stereocenters. The van der Waals surface area contributed by atoms with Gasteiger partial charge in [0.15, 0.2) is 0 Å². The molecule has 80 valence electrons. The third-order valence-corrected chi connectivity index (χ3v) is 1.90. The number of aromatic nitrogens is 1. The lowest BCUT2D eigenvalue weighted by atomic mass is 10.2. The van der Waals surface area contributed by atoms with Crippen molar-refractivity contribution in [2.45, 2.75) is 6.18 Å². The summed E-state index contributed by atoms with van der Waals surface area (Å²) in [5.74, 6) is -0.0251. The summed E-state index contributed by atoms with van der Waals surface area (Å²) < 4.78 is 42.6. The van der Waals surface area contributed by atoms with Gasteiger partial charge < -0.3 is 4.74 Å². The molecule has 0 amide bonds. The normalized spacial score (nSPS) is 16.1. The van der Waals surface area contributed by atoms with E-state index in [1.165, 1.54) is 12.3 Å². The average Bonchev–Trinajstić information content (AvgIpc) is 2.69. The van der Waals surface area contributed by atoms with Crippen LogP contribution in [0.2, 0.25) is 0 Å². The highest BCUT2D eigenvalue weighted by Crippen LogP contribution is 2.31. The Balaban J connectivity index is 2.47. The molecule has 0 fully saturated rings. The van der Waals surface area contributed by atoms with Gasteiger partial charge in [-0.2, -0.15) is 13.2 Å². The van der Waals surface area contributed by atoms with Crippen LogP contribution in [0.1, 0.15) is 11.3 Å². The lowest BCUT2D eigenvalue weighted by molar-refractivity contribution is -0.138. The fourth-order valence-electron chi connectivity index (χ4n) is 1.28. The Bertz CT molecular complexity index is 401. The van der Waals surface area contributed by atoms with Crippen molar-refractivity contribution in [3.63, 3.8) is 0 Å². The van der Waals surface area contributed by atoms with Gasteiger partial charge in [-0.1, -0.05) is 0 Å². The molecule has 6 heteroatoms. The number of pyridine rings is 1. The summed E-state index contributed by atoms with van der Waals surface area (Å²) in [7, 11) is 0. The van der Waals surface area contributed by atoms with Gasteiger partial charge in [-0.15, -0.1) is 0 Å². The molecule has 1 aliphatic heterocycles. The second kappa shape index (κ2) is 3.52. The molecule has 1 aromatic rings. The summed E-state index contributed by atoms with van der Waals surface area (Å²) in [5.41, 5.74) is -1.05. The van der Waals surface area contributed by atoms with Crippen molar-refractivity contribution in [3.8, 4) is 0 Å². The molecule has 0 radical (unpaired) electrons. The Morgan fingerprint density at radius 1 is 1.33 bits per heavy atom. The molecule has 15 heavy (non-hydrogen) atoms. The highest BCUT2D eigenvalue weighted by molar-refractivity contribution is 5.94. The van der Waals surface area contributed by atoms with Crippen LogP contribution in [0.3, 0.4) is 0 Å². The highest BCUT2D eigenvalue weighted by atomic mass is 19.4. The summed E-state index contributed by atoms with van der Waals surface area (Å²) in [6.07, 6.45) is -3.15. The number of hydrogen-bond donors (Lipinski definition) is 0. The van der Waals surface area contributed by atoms with E-state index in [0.29, 0.717) is 13.2 Å². The van der Waals surface area contributed by atoms with E-state index >= 15 is 0 Å². The minimum Gasteiger partial charge on any atom is -0.474 e. The van der Waals surface area contributed by atoms with Gasteiger partial charge in [-0.05, 0) is 12.1 Å². The quantitative estimate of drug-likeness (QED) is 0.718. The molecule has 0 N–H and O–H groups in total. The number of hydrogen-bond acceptors (Lipinski definition) is 3. The SMILES string of the molecule is FC(F)(F)c1cccnc1C1=NCCO1. The summed E-state index contributed by atoms with van der Waals surface area (Å²) in [4.78, 5) is 7.46. The molecule has 0 aliphatic carbocycles. The minimum absolute atomic E-state index is 0.0251. The van der Waals surface area contributed by atoms with Crippen molar-refractivity contribution >= 4 is 5.90 Å². The van der Waals surface area contributed by atoms with Crippen LogP contribution in [0.4, 0.5) is 13.2 Å². The molecule has 0 bridgehead atoms. The summed E-state index contributed by atoms with van der Waals surface area (Å²) in [6.45, 7) is 0.687. The summed E-state index contributed by atoms with van der Waals surface area (Å²) in [6, 6.07) is 2.20. The molecular formula is C9H7F3N2O. The molecule has 0 unspecified atom stereocenters. The van der Waals surface area contributed by atoms with E-state index in [2.05, 4.69) is 9.98 Å². The van der Waals surface area contributed by atoms with Crippen LogP contribution in [-0.2, 0) is 10.9 Å². The fourth-order valence-corrected chi connectivity index (χ4v) is 1.28. The van der Waals surface area contributed by atoms with Crippen LogP contribution in [0, 0.1) is 0 Å². The Morgan fingerprint density at radius 2 is 2.13 bits per heavy atom. The predicted octanol–water partition coefficient (Wildman–Crippen LogP) is 1.88. The fraction of sp³-hybridized carbons (Fsp3) is 0.333. The van der Waals surface area contributed by atoms with Gasteiger partial charge in [0.25, 0.3) is 0 Å². The van der Waals surface area contributed by atoms with Crippen molar-refractivity contribution < 1.29 is 17.9 Å². The number of halogens is 3. The Morgan fingerprint density at radius 3 is 2.73 bits per heavy atom. The third kappa shape index (κ3) is 1.93. The van der Waals surface area contributed by atoms with E-state index in [9.17, 15) is 13.2 Å². The molecule has 2 heterocycles. The molecule has 2 rings (SSSR count). The van der Waals surface area contributed by atoms with Gasteiger partial charge in [-0.3, -0.25) is 4.98 Å². The van der Waals surface area contributed by atoms with Gasteiger partial charge in [0.1, 0.15) is 12.3 Å². The predicted molar refractivity (Wildman–Crippen MR) is 46.6 cm³/mol. The van der Waals surface area contributed by atoms with Crippen LogP contribution in [-0.4, -0.2) is 24.0 Å². The molecule has 0 aromatic carbocycles. The zero-order chi connectivity index (χ0) is 10.9. The van der Waals surface area contributed by atoms with E-state index in [0.717, 1.165) is 6.07 Å². The van der Waals surface area contributed by atoms with Crippen molar-refractivity contribution in [3.05, 3.63) is 29.6 Å². The van der Waals surface area contributed by atoms with Crippen molar-refractivity contribution in [1.82, 2.24) is 4.98 Å². The van der Waals surface area contributed by atoms with Gasteiger partial charge in [0, 0.05) is 6.20 Å². The number of aliphatic imine (C=N–C) groups is 1. The molecule has 3 nitrogen and oxygen atoms in total. The van der Waals surface area contributed by atoms with Gasteiger partial charge in [-0.25, -0.2) is 4.99 Å². The lowest BCUT2D eigenvalue weighted by Gasteiger charge is -2.10. The first-order chi connectivity index (χ1) is 7.09. The number of nitrogens with zero attached hydrogens (tertiary/aromatic N) is 2. The van der Waals surface area contributed by atoms with E-state index in [1.807, 2.05) is 0 Å². The lowest BCUT2D eigenvalue weighted by Crippen LogP contribution is -2.15. The van der Waals surface area contributed by atoms with Gasteiger partial charge >= 0.3 is 6.18 Å². The molecule has 0 spiro atoms. The first-order valence-corrected chi connectivity index (χ1v) is 4.29. The van der Waals surface area contributed by atoms with Crippen LogP contribution in [0.5, 0.6) is 0 Å². The Hall–Kier alpha value is -1.59.